The second kappa shape index (κ2) is 10.4. The Hall–Kier alpha value is -1.66. The quantitative estimate of drug-likeness (QED) is 0.343. The maximum Gasteiger partial charge on any atom is 0.331 e. The van der Waals surface area contributed by atoms with E-state index >= 15 is 0 Å². The Labute approximate surface area is 176 Å². The summed E-state index contributed by atoms with van der Waals surface area (Å²) in [6.45, 7) is 3.65. The molecule has 2 unspecified atom stereocenters. The number of hydrogen-bond acceptors (Lipinski definition) is 5. The SMILES string of the molecule is COC(=O)C(Cl)C(=O)CC(O)(CCc1ccc(OC(C)C)c(F)c1)C1CCCC1. The number of aliphatic hydroxyl groups is 1. The highest BCUT2D eigenvalue weighted by atomic mass is 35.5. The van der Waals surface area contributed by atoms with Crippen molar-refractivity contribution in [3.8, 4) is 5.75 Å². The van der Waals surface area contributed by atoms with E-state index in [0.29, 0.717) is 12.0 Å². The van der Waals surface area contributed by atoms with Gasteiger partial charge >= 0.3 is 5.97 Å². The molecule has 1 aromatic carbocycles. The van der Waals surface area contributed by atoms with Crippen molar-refractivity contribution in [2.45, 2.75) is 75.9 Å². The highest BCUT2D eigenvalue weighted by molar-refractivity contribution is 6.41. The van der Waals surface area contributed by atoms with Gasteiger partial charge in [-0.3, -0.25) is 4.79 Å². The number of Topliss-reactive ketones (excluding diaryl/α,β-unsaturated/α-hetero) is 1. The number of ether oxygens (including phenoxy) is 2. The summed E-state index contributed by atoms with van der Waals surface area (Å²) in [4.78, 5) is 24.0. The standard InChI is InChI=1S/C22H30ClFO5/c1-14(2)29-19-9-8-15(12-17(19)24)10-11-22(27,16-6-4-5-7-16)13-18(25)20(23)21(26)28-3/h8-9,12,14,16,20,27H,4-7,10-11,13H2,1-3H3. The zero-order valence-corrected chi connectivity index (χ0v) is 18.0. The summed E-state index contributed by atoms with van der Waals surface area (Å²) in [6.07, 6.45) is 3.90. The van der Waals surface area contributed by atoms with Gasteiger partial charge in [0.05, 0.1) is 18.8 Å². The smallest absolute Gasteiger partial charge is 0.331 e. The van der Waals surface area contributed by atoms with Gasteiger partial charge in [0.25, 0.3) is 0 Å². The Kier molecular flexibility index (Phi) is 8.46. The van der Waals surface area contributed by atoms with Crippen LogP contribution in [-0.2, 0) is 20.7 Å². The Morgan fingerprint density at radius 2 is 1.97 bits per heavy atom. The predicted octanol–water partition coefficient (Wildman–Crippen LogP) is 4.21. The predicted molar refractivity (Wildman–Crippen MR) is 109 cm³/mol. The third-order valence-electron chi connectivity index (χ3n) is 5.49. The van der Waals surface area contributed by atoms with Gasteiger partial charge in [-0.15, -0.1) is 11.6 Å². The Bertz CT molecular complexity index is 717. The molecule has 1 aliphatic carbocycles. The van der Waals surface area contributed by atoms with Crippen LogP contribution in [0.15, 0.2) is 18.2 Å². The number of alkyl halides is 1. The van der Waals surface area contributed by atoms with Gasteiger partial charge in [0.15, 0.2) is 22.7 Å². The van der Waals surface area contributed by atoms with Crippen LogP contribution in [0.3, 0.4) is 0 Å². The topological polar surface area (TPSA) is 72.8 Å². The molecule has 7 heteroatoms. The average molecular weight is 429 g/mol. The summed E-state index contributed by atoms with van der Waals surface area (Å²) in [5.74, 6) is -1.70. The molecule has 0 heterocycles. The summed E-state index contributed by atoms with van der Waals surface area (Å²) in [5, 5.41) is 9.91. The van der Waals surface area contributed by atoms with Crippen LogP contribution >= 0.6 is 11.6 Å². The van der Waals surface area contributed by atoms with Gasteiger partial charge in [-0.2, -0.15) is 0 Å². The number of methoxy groups -OCH3 is 1. The molecule has 2 rings (SSSR count). The number of rotatable bonds is 10. The van der Waals surface area contributed by atoms with E-state index in [0.717, 1.165) is 32.8 Å². The number of aryl methyl sites for hydroxylation is 1. The minimum atomic E-state index is -1.43. The van der Waals surface area contributed by atoms with Crippen molar-refractivity contribution in [1.29, 1.82) is 0 Å². The Morgan fingerprint density at radius 1 is 1.31 bits per heavy atom. The highest BCUT2D eigenvalue weighted by Crippen LogP contribution is 2.39. The molecule has 162 valence electrons. The summed E-state index contributed by atoms with van der Waals surface area (Å²) < 4.78 is 24.2. The number of benzene rings is 1. The molecule has 2 atom stereocenters. The largest absolute Gasteiger partial charge is 0.488 e. The third kappa shape index (κ3) is 6.41. The van der Waals surface area contributed by atoms with Crippen molar-refractivity contribution in [2.75, 3.05) is 7.11 Å². The molecule has 0 aromatic heterocycles. The van der Waals surface area contributed by atoms with Gasteiger partial charge in [-0.1, -0.05) is 18.9 Å². The highest BCUT2D eigenvalue weighted by Gasteiger charge is 2.42. The van der Waals surface area contributed by atoms with Crippen molar-refractivity contribution >= 4 is 23.4 Å². The molecule has 0 radical (unpaired) electrons. The van der Waals surface area contributed by atoms with E-state index in [2.05, 4.69) is 4.74 Å². The summed E-state index contributed by atoms with van der Waals surface area (Å²) in [7, 11) is 1.16. The molecule has 0 aliphatic heterocycles. The number of ketones is 1. The molecule has 1 aromatic rings. The molecule has 5 nitrogen and oxygen atoms in total. The fourth-order valence-corrected chi connectivity index (χ4v) is 4.10. The molecule has 0 spiro atoms. The Morgan fingerprint density at radius 3 is 2.52 bits per heavy atom. The number of hydrogen-bond donors (Lipinski definition) is 1. The lowest BCUT2D eigenvalue weighted by molar-refractivity contribution is -0.144. The zero-order chi connectivity index (χ0) is 21.6. The first-order chi connectivity index (χ1) is 13.7. The molecule has 1 saturated carbocycles. The van der Waals surface area contributed by atoms with Crippen LogP contribution in [0.25, 0.3) is 0 Å². The molecule has 0 amide bonds. The van der Waals surface area contributed by atoms with Crippen LogP contribution in [0.5, 0.6) is 5.75 Å². The van der Waals surface area contributed by atoms with Crippen LogP contribution in [0.4, 0.5) is 4.39 Å². The van der Waals surface area contributed by atoms with Gasteiger partial charge in [0, 0.05) is 6.42 Å². The second-order valence-corrected chi connectivity index (χ2v) is 8.48. The molecule has 0 bridgehead atoms. The fraction of sp³-hybridized carbons (Fsp3) is 0.636. The molecular weight excluding hydrogens is 399 g/mol. The first-order valence-corrected chi connectivity index (χ1v) is 10.5. The van der Waals surface area contributed by atoms with Gasteiger partial charge in [-0.05, 0) is 63.1 Å². The van der Waals surface area contributed by atoms with E-state index in [1.54, 1.807) is 12.1 Å². The molecule has 1 aliphatic rings. The van der Waals surface area contributed by atoms with Gasteiger partial charge in [-0.25, -0.2) is 9.18 Å². The van der Waals surface area contributed by atoms with E-state index in [1.807, 2.05) is 13.8 Å². The molecular formula is C22H30ClFO5. The number of halogens is 2. The lowest BCUT2D eigenvalue weighted by Crippen LogP contribution is -2.42. The Balaban J connectivity index is 2.11. The van der Waals surface area contributed by atoms with E-state index < -0.39 is 28.5 Å². The van der Waals surface area contributed by atoms with E-state index in [-0.39, 0.29) is 30.6 Å². The minimum Gasteiger partial charge on any atom is -0.488 e. The van der Waals surface area contributed by atoms with Crippen LogP contribution in [0, 0.1) is 11.7 Å². The van der Waals surface area contributed by atoms with Crippen molar-refractivity contribution < 1.29 is 28.6 Å². The van der Waals surface area contributed by atoms with Crippen LogP contribution in [0.1, 0.15) is 57.9 Å². The van der Waals surface area contributed by atoms with Crippen molar-refractivity contribution in [3.05, 3.63) is 29.6 Å². The third-order valence-corrected chi connectivity index (χ3v) is 5.91. The van der Waals surface area contributed by atoms with Gasteiger partial charge in [0.2, 0.25) is 0 Å². The molecule has 1 N–H and O–H groups in total. The maximum atomic E-state index is 14.3. The lowest BCUT2D eigenvalue weighted by atomic mass is 9.77. The molecule has 1 fully saturated rings. The van der Waals surface area contributed by atoms with Gasteiger partial charge < -0.3 is 14.6 Å². The number of carbonyl (C=O) groups is 2. The monoisotopic (exact) mass is 428 g/mol. The van der Waals surface area contributed by atoms with E-state index in [4.69, 9.17) is 16.3 Å². The van der Waals surface area contributed by atoms with Crippen molar-refractivity contribution in [2.24, 2.45) is 5.92 Å². The average Bonchev–Trinajstić information content (AvgIpc) is 3.22. The second-order valence-electron chi connectivity index (χ2n) is 8.05. The van der Waals surface area contributed by atoms with Gasteiger partial charge in [0.1, 0.15) is 0 Å². The van der Waals surface area contributed by atoms with Crippen LogP contribution in [0.2, 0.25) is 0 Å². The molecule has 29 heavy (non-hydrogen) atoms. The summed E-state index contributed by atoms with van der Waals surface area (Å²) in [6, 6.07) is 4.74. The lowest BCUT2D eigenvalue weighted by Gasteiger charge is -2.34. The van der Waals surface area contributed by atoms with E-state index in [9.17, 15) is 19.1 Å². The normalized spacial score (nSPS) is 17.8. The van der Waals surface area contributed by atoms with Crippen LogP contribution < -0.4 is 4.74 Å². The van der Waals surface area contributed by atoms with Crippen LogP contribution in [-0.4, -0.2) is 41.1 Å². The number of carbonyl (C=O) groups excluding carboxylic acids is 2. The van der Waals surface area contributed by atoms with Crippen molar-refractivity contribution in [3.63, 3.8) is 0 Å². The number of esters is 1. The summed E-state index contributed by atoms with van der Waals surface area (Å²) >= 11 is 5.89. The van der Waals surface area contributed by atoms with Crippen molar-refractivity contribution in [1.82, 2.24) is 0 Å². The minimum absolute atomic E-state index is 0.0543. The first kappa shape index (κ1) is 23.6. The van der Waals surface area contributed by atoms with E-state index in [1.165, 1.54) is 6.07 Å². The molecule has 0 saturated heterocycles. The summed E-state index contributed by atoms with van der Waals surface area (Å²) in [5.41, 5.74) is -0.587. The maximum absolute atomic E-state index is 14.3. The first-order valence-electron chi connectivity index (χ1n) is 10.1. The fourth-order valence-electron chi connectivity index (χ4n) is 3.94. The zero-order valence-electron chi connectivity index (χ0n) is 17.2.